The van der Waals surface area contributed by atoms with E-state index in [9.17, 15) is 18.0 Å². The average molecular weight is 282 g/mol. The molecule has 2 rings (SSSR count). The van der Waals surface area contributed by atoms with Crippen molar-refractivity contribution in [2.24, 2.45) is 5.14 Å². The number of nitrogens with two attached hydrogens (primary N) is 1. The number of benzene rings is 1. The molecule has 6 nitrogen and oxygen atoms in total. The molecule has 7 heteroatoms. The number of sulfonamides is 1. The second-order valence-corrected chi connectivity index (χ2v) is 6.05. The van der Waals surface area contributed by atoms with E-state index in [0.29, 0.717) is 17.5 Å². The van der Waals surface area contributed by atoms with Crippen LogP contribution in [0.25, 0.3) is 0 Å². The monoisotopic (exact) mass is 282 g/mol. The predicted molar refractivity (Wildman–Crippen MR) is 67.7 cm³/mol. The highest BCUT2D eigenvalue weighted by atomic mass is 32.2. The first-order chi connectivity index (χ1) is 8.80. The third-order valence-electron chi connectivity index (χ3n) is 3.25. The van der Waals surface area contributed by atoms with E-state index in [0.717, 1.165) is 0 Å². The van der Waals surface area contributed by atoms with Crippen LogP contribution < -0.4 is 10.5 Å². The third kappa shape index (κ3) is 2.66. The minimum absolute atomic E-state index is 0.00898. The van der Waals surface area contributed by atoms with Crippen molar-refractivity contribution in [1.29, 1.82) is 0 Å². The van der Waals surface area contributed by atoms with Gasteiger partial charge in [-0.15, -0.1) is 0 Å². The highest BCUT2D eigenvalue weighted by molar-refractivity contribution is 7.89. The summed E-state index contributed by atoms with van der Waals surface area (Å²) in [5.41, 5.74) is 1.05. The van der Waals surface area contributed by atoms with Crippen LogP contribution in [0.5, 0.6) is 0 Å². The lowest BCUT2D eigenvalue weighted by Gasteiger charge is -2.23. The number of hydrogen-bond donors (Lipinski definition) is 2. The van der Waals surface area contributed by atoms with Crippen molar-refractivity contribution in [2.45, 2.75) is 30.6 Å². The molecular formula is C12H14N2O4S. The molecule has 102 valence electrons. The van der Waals surface area contributed by atoms with Gasteiger partial charge in [0.25, 0.3) is 0 Å². The van der Waals surface area contributed by atoms with E-state index in [4.69, 9.17) is 5.14 Å². The summed E-state index contributed by atoms with van der Waals surface area (Å²) in [5, 5.41) is 7.38. The lowest BCUT2D eigenvalue weighted by Crippen LogP contribution is -2.39. The minimum atomic E-state index is -3.82. The zero-order valence-corrected chi connectivity index (χ0v) is 11.2. The first-order valence-electron chi connectivity index (χ1n) is 5.76. The van der Waals surface area contributed by atoms with Gasteiger partial charge in [0, 0.05) is 6.42 Å². The summed E-state index contributed by atoms with van der Waals surface area (Å²) in [7, 11) is -3.82. The van der Waals surface area contributed by atoms with E-state index in [2.05, 4.69) is 5.32 Å². The van der Waals surface area contributed by atoms with Crippen molar-refractivity contribution in [3.8, 4) is 0 Å². The fourth-order valence-corrected chi connectivity index (χ4v) is 3.12. The van der Waals surface area contributed by atoms with Crippen molar-refractivity contribution in [3.63, 3.8) is 0 Å². The number of carbonyl (C=O) groups excluding carboxylic acids is 2. The summed E-state index contributed by atoms with van der Waals surface area (Å²) in [6.07, 6.45) is 0.620. The van der Waals surface area contributed by atoms with E-state index in [1.165, 1.54) is 6.07 Å². The summed E-state index contributed by atoms with van der Waals surface area (Å²) in [5.74, 6) is -1.22. The van der Waals surface area contributed by atoms with Crippen LogP contribution in [0.1, 0.15) is 29.9 Å². The Bertz CT molecular complexity index is 652. The molecule has 0 spiro atoms. The van der Waals surface area contributed by atoms with Crippen LogP contribution >= 0.6 is 0 Å². The highest BCUT2D eigenvalue weighted by Gasteiger charge is 2.30. The second-order valence-electron chi connectivity index (χ2n) is 4.52. The van der Waals surface area contributed by atoms with Gasteiger partial charge in [0.05, 0.1) is 10.8 Å². The molecule has 1 unspecified atom stereocenters. The highest BCUT2D eigenvalue weighted by Crippen LogP contribution is 2.30. The summed E-state index contributed by atoms with van der Waals surface area (Å²) in [4.78, 5) is 22.9. The maximum absolute atomic E-state index is 11.8. The van der Waals surface area contributed by atoms with Crippen molar-refractivity contribution in [2.75, 3.05) is 0 Å². The average Bonchev–Trinajstić information content (AvgIpc) is 2.28. The number of imide groups is 1. The molecule has 0 bridgehead atoms. The summed E-state index contributed by atoms with van der Waals surface area (Å²) in [6.45, 7) is 1.61. The van der Waals surface area contributed by atoms with Gasteiger partial charge >= 0.3 is 0 Å². The first kappa shape index (κ1) is 13.7. The lowest BCUT2D eigenvalue weighted by molar-refractivity contribution is -0.134. The Hall–Kier alpha value is -1.73. The van der Waals surface area contributed by atoms with Gasteiger partial charge in [0.15, 0.2) is 0 Å². The molecule has 2 amide bonds. The normalized spacial score (nSPS) is 20.2. The van der Waals surface area contributed by atoms with Gasteiger partial charge in [0.2, 0.25) is 21.8 Å². The van der Waals surface area contributed by atoms with Gasteiger partial charge in [-0.05, 0) is 30.5 Å². The van der Waals surface area contributed by atoms with E-state index in [1.54, 1.807) is 19.1 Å². The van der Waals surface area contributed by atoms with Crippen LogP contribution in [0.3, 0.4) is 0 Å². The van der Waals surface area contributed by atoms with Crippen molar-refractivity contribution in [3.05, 3.63) is 29.3 Å². The molecule has 1 heterocycles. The molecule has 1 atom stereocenters. The number of carbonyl (C=O) groups is 2. The maximum Gasteiger partial charge on any atom is 0.238 e. The van der Waals surface area contributed by atoms with Crippen LogP contribution in [0, 0.1) is 6.92 Å². The number of rotatable bonds is 2. The molecule has 1 saturated heterocycles. The van der Waals surface area contributed by atoms with E-state index >= 15 is 0 Å². The first-order valence-corrected chi connectivity index (χ1v) is 7.31. The van der Waals surface area contributed by atoms with Crippen LogP contribution in [-0.2, 0) is 19.6 Å². The lowest BCUT2D eigenvalue weighted by atomic mass is 9.88. The summed E-state index contributed by atoms with van der Waals surface area (Å²) >= 11 is 0. The quantitative estimate of drug-likeness (QED) is 0.754. The van der Waals surface area contributed by atoms with Crippen molar-refractivity contribution < 1.29 is 18.0 Å². The Morgan fingerprint density at radius 3 is 2.58 bits per heavy atom. The molecule has 0 aromatic heterocycles. The zero-order valence-electron chi connectivity index (χ0n) is 10.3. The molecule has 1 aliphatic rings. The van der Waals surface area contributed by atoms with Crippen molar-refractivity contribution in [1.82, 2.24) is 5.32 Å². The number of piperidine rings is 1. The molecule has 1 aromatic rings. The largest absolute Gasteiger partial charge is 0.296 e. The van der Waals surface area contributed by atoms with Gasteiger partial charge in [0.1, 0.15) is 0 Å². The number of primary sulfonamides is 1. The Labute approximate surface area is 111 Å². The minimum Gasteiger partial charge on any atom is -0.296 e. The Kier molecular flexibility index (Phi) is 3.42. The molecule has 1 fully saturated rings. The fraction of sp³-hybridized carbons (Fsp3) is 0.333. The fourth-order valence-electron chi connectivity index (χ4n) is 2.31. The topological polar surface area (TPSA) is 106 Å². The number of nitrogens with one attached hydrogen (secondary N) is 1. The standard InChI is InChI=1S/C12H14N2O4S/c1-7-8(3-2-4-10(7)19(13,17)18)9-5-6-11(15)14-12(9)16/h2-4,9H,5-6H2,1H3,(H2,13,17,18)(H,14,15,16). The number of amides is 2. The van der Waals surface area contributed by atoms with Crippen molar-refractivity contribution >= 4 is 21.8 Å². The Morgan fingerprint density at radius 2 is 2.00 bits per heavy atom. The van der Waals surface area contributed by atoms with Gasteiger partial charge in [-0.3, -0.25) is 14.9 Å². The van der Waals surface area contributed by atoms with Crippen LogP contribution in [-0.4, -0.2) is 20.2 Å². The molecule has 19 heavy (non-hydrogen) atoms. The van der Waals surface area contributed by atoms with Gasteiger partial charge in [-0.1, -0.05) is 12.1 Å². The van der Waals surface area contributed by atoms with Gasteiger partial charge < -0.3 is 0 Å². The van der Waals surface area contributed by atoms with Gasteiger partial charge in [-0.25, -0.2) is 13.6 Å². The smallest absolute Gasteiger partial charge is 0.238 e. The van der Waals surface area contributed by atoms with Crippen LogP contribution in [0.2, 0.25) is 0 Å². The van der Waals surface area contributed by atoms with E-state index in [-0.39, 0.29) is 17.2 Å². The molecular weight excluding hydrogens is 268 g/mol. The van der Waals surface area contributed by atoms with E-state index < -0.39 is 21.8 Å². The summed E-state index contributed by atoms with van der Waals surface area (Å²) < 4.78 is 22.9. The van der Waals surface area contributed by atoms with Crippen LogP contribution in [0.15, 0.2) is 23.1 Å². The zero-order chi connectivity index (χ0) is 14.2. The van der Waals surface area contributed by atoms with Gasteiger partial charge in [-0.2, -0.15) is 0 Å². The molecule has 0 aliphatic carbocycles. The Morgan fingerprint density at radius 1 is 1.32 bits per heavy atom. The second kappa shape index (κ2) is 4.75. The molecule has 0 saturated carbocycles. The predicted octanol–water partition coefficient (Wildman–Crippen LogP) is 0.163. The molecule has 3 N–H and O–H groups in total. The third-order valence-corrected chi connectivity index (χ3v) is 4.30. The van der Waals surface area contributed by atoms with E-state index in [1.807, 2.05) is 0 Å². The molecule has 1 aromatic carbocycles. The maximum atomic E-state index is 11.8. The van der Waals surface area contributed by atoms with Crippen LogP contribution in [0.4, 0.5) is 0 Å². The summed E-state index contributed by atoms with van der Waals surface area (Å²) in [6, 6.07) is 4.63. The Balaban J connectivity index is 2.47. The SMILES string of the molecule is Cc1c(C2CCC(=O)NC2=O)cccc1S(N)(=O)=O. The molecule has 0 radical (unpaired) electrons. The number of hydrogen-bond acceptors (Lipinski definition) is 4. The molecule has 1 aliphatic heterocycles.